The maximum Gasteiger partial charge on any atom is 0.462 e. The molecular formula is C22H33BN2O3. The van der Waals surface area contributed by atoms with E-state index in [1.54, 1.807) is 0 Å². The van der Waals surface area contributed by atoms with E-state index in [1.807, 2.05) is 30.3 Å². The molecule has 3 saturated carbocycles. The maximum absolute atomic E-state index is 12.4. The summed E-state index contributed by atoms with van der Waals surface area (Å²) in [5.41, 5.74) is 7.29. The van der Waals surface area contributed by atoms with Crippen LogP contribution in [0.2, 0.25) is 5.82 Å². The van der Waals surface area contributed by atoms with Crippen molar-refractivity contribution in [1.82, 2.24) is 5.32 Å². The number of hydrogen-bond donors (Lipinski definition) is 2. The van der Waals surface area contributed by atoms with Gasteiger partial charge in [-0.25, -0.2) is 0 Å². The fraction of sp³-hybridized carbons (Fsp3) is 0.682. The van der Waals surface area contributed by atoms with Crippen molar-refractivity contribution in [3.63, 3.8) is 0 Å². The molecule has 6 atom stereocenters. The summed E-state index contributed by atoms with van der Waals surface area (Å²) in [7, 11) is -0.268. The van der Waals surface area contributed by atoms with Gasteiger partial charge in [0, 0.05) is 12.4 Å². The Morgan fingerprint density at radius 3 is 2.68 bits per heavy atom. The molecule has 1 aliphatic heterocycles. The smallest absolute Gasteiger partial charge is 0.405 e. The molecule has 4 aliphatic rings. The molecule has 0 radical (unpaired) electrons. The van der Waals surface area contributed by atoms with Crippen LogP contribution in [-0.2, 0) is 20.5 Å². The van der Waals surface area contributed by atoms with E-state index in [2.05, 4.69) is 33.0 Å². The molecule has 2 bridgehead atoms. The summed E-state index contributed by atoms with van der Waals surface area (Å²) >= 11 is 0. The number of nitrogens with one attached hydrogen (secondary N) is 1. The van der Waals surface area contributed by atoms with Gasteiger partial charge < -0.3 is 20.4 Å². The normalized spacial score (nSPS) is 34.9. The first-order valence-electron chi connectivity index (χ1n) is 10.6. The first-order valence-corrected chi connectivity index (χ1v) is 10.6. The molecular weight excluding hydrogens is 351 g/mol. The average molecular weight is 384 g/mol. The molecule has 3 aliphatic carbocycles. The van der Waals surface area contributed by atoms with Crippen LogP contribution in [0.1, 0.15) is 46.1 Å². The fourth-order valence-corrected chi connectivity index (χ4v) is 5.59. The quantitative estimate of drug-likeness (QED) is 0.740. The summed E-state index contributed by atoms with van der Waals surface area (Å²) in [4.78, 5) is 12.4. The third kappa shape index (κ3) is 3.29. The summed E-state index contributed by atoms with van der Waals surface area (Å²) in [5, 5.41) is 2.99. The van der Waals surface area contributed by atoms with Crippen LogP contribution in [0, 0.1) is 17.3 Å². The van der Waals surface area contributed by atoms with Crippen molar-refractivity contribution in [3.05, 3.63) is 35.9 Å². The lowest BCUT2D eigenvalue weighted by atomic mass is 9.43. The highest BCUT2D eigenvalue weighted by atomic mass is 16.7. The van der Waals surface area contributed by atoms with E-state index in [0.717, 1.165) is 17.9 Å². The van der Waals surface area contributed by atoms with Gasteiger partial charge >= 0.3 is 7.12 Å². The highest BCUT2D eigenvalue weighted by molar-refractivity contribution is 6.47. The molecule has 0 aromatic heterocycles. The average Bonchev–Trinajstić information content (AvgIpc) is 3.03. The molecule has 4 fully saturated rings. The van der Waals surface area contributed by atoms with Crippen LogP contribution >= 0.6 is 0 Å². The predicted molar refractivity (Wildman–Crippen MR) is 111 cm³/mol. The Labute approximate surface area is 168 Å². The zero-order chi connectivity index (χ0) is 20.1. The molecule has 1 aromatic rings. The Bertz CT molecular complexity index is 728. The fourth-order valence-electron chi connectivity index (χ4n) is 5.59. The second-order valence-electron chi connectivity index (χ2n) is 9.86. The number of benzene rings is 1. The zero-order valence-electron chi connectivity index (χ0n) is 17.5. The van der Waals surface area contributed by atoms with Crippen molar-refractivity contribution in [3.8, 4) is 0 Å². The monoisotopic (exact) mass is 384 g/mol. The Morgan fingerprint density at radius 2 is 2.00 bits per heavy atom. The Morgan fingerprint density at radius 1 is 1.29 bits per heavy atom. The van der Waals surface area contributed by atoms with Crippen LogP contribution in [0.4, 0.5) is 0 Å². The van der Waals surface area contributed by atoms with Crippen LogP contribution in [0.25, 0.3) is 0 Å². The van der Waals surface area contributed by atoms with Crippen LogP contribution in [-0.4, -0.2) is 37.3 Å². The number of carbonyl (C=O) groups excluding carboxylic acids is 1. The predicted octanol–water partition coefficient (Wildman–Crippen LogP) is 2.79. The molecule has 5 nitrogen and oxygen atoms in total. The van der Waals surface area contributed by atoms with Crippen LogP contribution in [0.5, 0.6) is 0 Å². The number of amides is 1. The maximum atomic E-state index is 12.4. The minimum Gasteiger partial charge on any atom is -0.405 e. The van der Waals surface area contributed by atoms with Crippen molar-refractivity contribution in [2.45, 2.75) is 70.5 Å². The van der Waals surface area contributed by atoms with Gasteiger partial charge in [0.15, 0.2) is 0 Å². The number of hydrogen-bond acceptors (Lipinski definition) is 4. The highest BCUT2D eigenvalue weighted by Crippen LogP contribution is 2.66. The molecule has 1 heterocycles. The van der Waals surface area contributed by atoms with E-state index in [0.29, 0.717) is 24.3 Å². The first kappa shape index (κ1) is 19.9. The van der Waals surface area contributed by atoms with E-state index in [9.17, 15) is 4.79 Å². The van der Waals surface area contributed by atoms with Gasteiger partial charge in [-0.05, 0) is 49.0 Å². The molecule has 1 aromatic carbocycles. The largest absolute Gasteiger partial charge is 0.462 e. The third-order valence-electron chi connectivity index (χ3n) is 7.67. The molecule has 28 heavy (non-hydrogen) atoms. The summed E-state index contributed by atoms with van der Waals surface area (Å²) in [5.74, 6) is 1.25. The summed E-state index contributed by atoms with van der Waals surface area (Å²) < 4.78 is 12.8. The minimum absolute atomic E-state index is 0.0793. The van der Waals surface area contributed by atoms with Crippen molar-refractivity contribution < 1.29 is 14.1 Å². The highest BCUT2D eigenvalue weighted by Gasteiger charge is 2.68. The molecule has 0 spiro atoms. The lowest BCUT2D eigenvalue weighted by Crippen LogP contribution is -2.65. The van der Waals surface area contributed by atoms with Crippen LogP contribution in [0.3, 0.4) is 0 Å². The Hall–Kier alpha value is -1.37. The first-order chi connectivity index (χ1) is 13.2. The van der Waals surface area contributed by atoms with Gasteiger partial charge in [0.1, 0.15) is 0 Å². The second-order valence-corrected chi connectivity index (χ2v) is 9.86. The molecule has 5 rings (SSSR count). The van der Waals surface area contributed by atoms with Crippen LogP contribution in [0.15, 0.2) is 30.3 Å². The van der Waals surface area contributed by atoms with E-state index in [-0.39, 0.29) is 30.5 Å². The standard InChI is InChI=1S/C22H33BN2O3/c1-14(13-25-20(26)17(24)10-15-8-6-5-7-9-15)23-27-19-12-16-11-18(21(16,2)3)22(19,4)28-23/h5-9,14,16-19H,10-13,24H2,1-4H3,(H,25,26)/t14-,16-,17+,18-,19+,22-/m1/s1. The van der Waals surface area contributed by atoms with Gasteiger partial charge in [-0.1, -0.05) is 51.1 Å². The van der Waals surface area contributed by atoms with E-state index in [4.69, 9.17) is 15.0 Å². The molecule has 0 unspecified atom stereocenters. The number of carbonyl (C=O) groups is 1. The van der Waals surface area contributed by atoms with Crippen molar-refractivity contribution in [2.24, 2.45) is 23.0 Å². The second kappa shape index (κ2) is 7.15. The molecule has 1 amide bonds. The molecule has 152 valence electrons. The Kier molecular flexibility index (Phi) is 5.09. The molecule has 3 N–H and O–H groups in total. The van der Waals surface area contributed by atoms with Gasteiger partial charge in [-0.3, -0.25) is 4.79 Å². The topological polar surface area (TPSA) is 73.6 Å². The molecule has 1 saturated heterocycles. The molecule has 6 heteroatoms. The van der Waals surface area contributed by atoms with E-state index < -0.39 is 6.04 Å². The lowest BCUT2D eigenvalue weighted by Gasteiger charge is -2.64. The van der Waals surface area contributed by atoms with Crippen molar-refractivity contribution in [2.75, 3.05) is 6.54 Å². The minimum atomic E-state index is -0.548. The van der Waals surface area contributed by atoms with E-state index in [1.165, 1.54) is 6.42 Å². The van der Waals surface area contributed by atoms with Crippen molar-refractivity contribution in [1.29, 1.82) is 0 Å². The van der Waals surface area contributed by atoms with Gasteiger partial charge in [-0.15, -0.1) is 0 Å². The zero-order valence-corrected chi connectivity index (χ0v) is 17.5. The van der Waals surface area contributed by atoms with Gasteiger partial charge in [0.25, 0.3) is 0 Å². The SMILES string of the molecule is C[C@H](CNC(=O)[C@@H](N)Cc1ccccc1)B1O[C@H]2C[C@H]3C[C@H](C3(C)C)[C@@]2(C)O1. The van der Waals surface area contributed by atoms with Gasteiger partial charge in [0.2, 0.25) is 5.91 Å². The van der Waals surface area contributed by atoms with Gasteiger partial charge in [0.05, 0.1) is 17.7 Å². The van der Waals surface area contributed by atoms with Crippen LogP contribution < -0.4 is 11.1 Å². The number of nitrogens with two attached hydrogens (primary N) is 1. The summed E-state index contributed by atoms with van der Waals surface area (Å²) in [6.45, 7) is 9.53. The summed E-state index contributed by atoms with van der Waals surface area (Å²) in [6, 6.07) is 9.32. The van der Waals surface area contributed by atoms with E-state index >= 15 is 0 Å². The third-order valence-corrected chi connectivity index (χ3v) is 7.67. The summed E-state index contributed by atoms with van der Waals surface area (Å²) in [6.07, 6.45) is 3.04. The van der Waals surface area contributed by atoms with Crippen molar-refractivity contribution >= 4 is 13.0 Å². The lowest BCUT2D eigenvalue weighted by molar-refractivity contribution is -0.199. The Balaban J connectivity index is 1.29. The van der Waals surface area contributed by atoms with Gasteiger partial charge in [-0.2, -0.15) is 0 Å². The number of rotatable bonds is 6.